The number of hydrogen-bond acceptors (Lipinski definition) is 5. The summed E-state index contributed by atoms with van der Waals surface area (Å²) in [7, 11) is 0. The average Bonchev–Trinajstić information content (AvgIpc) is 2.48. The normalized spacial score (nSPS) is 19.1. The molecule has 2 heterocycles. The fourth-order valence-electron chi connectivity index (χ4n) is 2.85. The van der Waals surface area contributed by atoms with Gasteiger partial charge in [0.25, 0.3) is 0 Å². The van der Waals surface area contributed by atoms with E-state index in [1.807, 2.05) is 6.92 Å². The summed E-state index contributed by atoms with van der Waals surface area (Å²) in [5.41, 5.74) is 1.05. The van der Waals surface area contributed by atoms with E-state index in [1.54, 1.807) is 6.33 Å². The van der Waals surface area contributed by atoms with Gasteiger partial charge in [-0.25, -0.2) is 9.97 Å². The van der Waals surface area contributed by atoms with Crippen molar-refractivity contribution in [3.05, 3.63) is 11.9 Å². The molecule has 1 fully saturated rings. The zero-order valence-electron chi connectivity index (χ0n) is 13.7. The first kappa shape index (κ1) is 16.0. The second-order valence-electron chi connectivity index (χ2n) is 6.08. The van der Waals surface area contributed by atoms with Gasteiger partial charge in [0, 0.05) is 19.1 Å². The van der Waals surface area contributed by atoms with E-state index in [0.717, 1.165) is 31.0 Å². The van der Waals surface area contributed by atoms with Gasteiger partial charge in [0.05, 0.1) is 12.2 Å². The molecule has 1 saturated heterocycles. The Bertz CT molecular complexity index is 450. The highest BCUT2D eigenvalue weighted by Gasteiger charge is 2.23. The van der Waals surface area contributed by atoms with Gasteiger partial charge >= 0.3 is 0 Å². The highest BCUT2D eigenvalue weighted by molar-refractivity contribution is 5.50. The number of ether oxygens (including phenoxy) is 1. The monoisotopic (exact) mass is 292 g/mol. The van der Waals surface area contributed by atoms with Gasteiger partial charge in [-0.05, 0) is 39.2 Å². The number of rotatable bonds is 6. The zero-order chi connectivity index (χ0) is 15.2. The third-order valence-electron chi connectivity index (χ3n) is 3.93. The summed E-state index contributed by atoms with van der Waals surface area (Å²) in [5, 5.41) is 3.55. The van der Waals surface area contributed by atoms with Crippen molar-refractivity contribution in [1.29, 1.82) is 0 Å². The molecular weight excluding hydrogens is 264 g/mol. The van der Waals surface area contributed by atoms with E-state index >= 15 is 0 Å². The van der Waals surface area contributed by atoms with Crippen LogP contribution in [0.25, 0.3) is 0 Å². The third-order valence-corrected chi connectivity index (χ3v) is 3.93. The van der Waals surface area contributed by atoms with E-state index in [4.69, 9.17) is 4.74 Å². The van der Waals surface area contributed by atoms with E-state index in [1.165, 1.54) is 12.8 Å². The molecule has 1 N–H and O–H groups in total. The van der Waals surface area contributed by atoms with Crippen LogP contribution in [0, 0.1) is 12.8 Å². The molecule has 0 bridgehead atoms. The molecule has 1 aromatic heterocycles. The molecule has 0 aromatic carbocycles. The number of nitrogens with one attached hydrogen (secondary N) is 1. The fourth-order valence-corrected chi connectivity index (χ4v) is 2.85. The van der Waals surface area contributed by atoms with Gasteiger partial charge in [-0.2, -0.15) is 0 Å². The van der Waals surface area contributed by atoms with Gasteiger partial charge in [-0.3, -0.25) is 0 Å². The molecule has 0 saturated carbocycles. The molecular formula is C16H28N4O. The van der Waals surface area contributed by atoms with E-state index in [0.29, 0.717) is 24.4 Å². The van der Waals surface area contributed by atoms with Gasteiger partial charge in [-0.1, -0.05) is 13.8 Å². The summed E-state index contributed by atoms with van der Waals surface area (Å²) < 4.78 is 5.58. The third kappa shape index (κ3) is 4.30. The van der Waals surface area contributed by atoms with Crippen molar-refractivity contribution in [3.63, 3.8) is 0 Å². The molecule has 1 aromatic rings. The molecule has 1 aliphatic heterocycles. The number of hydrogen-bond donors (Lipinski definition) is 1. The lowest BCUT2D eigenvalue weighted by Crippen LogP contribution is -2.41. The van der Waals surface area contributed by atoms with Crippen molar-refractivity contribution < 1.29 is 4.74 Å². The van der Waals surface area contributed by atoms with Gasteiger partial charge in [-0.15, -0.1) is 0 Å². The van der Waals surface area contributed by atoms with Crippen LogP contribution in [0.2, 0.25) is 0 Å². The summed E-state index contributed by atoms with van der Waals surface area (Å²) in [6.07, 6.45) is 4.12. The Morgan fingerprint density at radius 3 is 2.95 bits per heavy atom. The second kappa shape index (κ2) is 7.59. The molecule has 5 heteroatoms. The smallest absolute Gasteiger partial charge is 0.221 e. The Kier molecular flexibility index (Phi) is 5.79. The quantitative estimate of drug-likeness (QED) is 0.872. The van der Waals surface area contributed by atoms with Gasteiger partial charge in [0.1, 0.15) is 12.1 Å². The van der Waals surface area contributed by atoms with Crippen molar-refractivity contribution in [1.82, 2.24) is 15.3 Å². The molecule has 21 heavy (non-hydrogen) atoms. The average molecular weight is 292 g/mol. The van der Waals surface area contributed by atoms with Crippen LogP contribution < -0.4 is 15.0 Å². The molecule has 1 aliphatic rings. The van der Waals surface area contributed by atoms with Crippen molar-refractivity contribution in [2.45, 2.75) is 46.6 Å². The summed E-state index contributed by atoms with van der Waals surface area (Å²) in [5.74, 6) is 2.43. The standard InChI is InChI=1S/C16H28N4O/c1-5-21-16-13(4)15(18-11-19-16)20-8-6-7-14(10-20)9-17-12(2)3/h11-12,14,17H,5-10H2,1-4H3. The van der Waals surface area contributed by atoms with E-state index in [2.05, 4.69) is 41.0 Å². The lowest BCUT2D eigenvalue weighted by atomic mass is 9.97. The highest BCUT2D eigenvalue weighted by atomic mass is 16.5. The van der Waals surface area contributed by atoms with E-state index in [-0.39, 0.29) is 0 Å². The number of nitrogens with zero attached hydrogens (tertiary/aromatic N) is 3. The first-order valence-electron chi connectivity index (χ1n) is 8.04. The van der Waals surface area contributed by atoms with Crippen LogP contribution >= 0.6 is 0 Å². The van der Waals surface area contributed by atoms with Crippen LogP contribution in [0.3, 0.4) is 0 Å². The van der Waals surface area contributed by atoms with Gasteiger partial charge in [0.15, 0.2) is 0 Å². The zero-order valence-corrected chi connectivity index (χ0v) is 13.7. The van der Waals surface area contributed by atoms with Crippen LogP contribution in [0.15, 0.2) is 6.33 Å². The molecule has 2 rings (SSSR count). The molecule has 5 nitrogen and oxygen atoms in total. The molecule has 0 aliphatic carbocycles. The maximum atomic E-state index is 5.58. The maximum absolute atomic E-state index is 5.58. The highest BCUT2D eigenvalue weighted by Crippen LogP contribution is 2.27. The van der Waals surface area contributed by atoms with Gasteiger partial charge < -0.3 is 15.0 Å². The first-order valence-corrected chi connectivity index (χ1v) is 8.04. The Hall–Kier alpha value is -1.36. The predicted octanol–water partition coefficient (Wildman–Crippen LogP) is 2.40. The predicted molar refractivity (Wildman–Crippen MR) is 86.0 cm³/mol. The van der Waals surface area contributed by atoms with Crippen LogP contribution in [-0.4, -0.2) is 42.3 Å². The van der Waals surface area contributed by atoms with Crippen molar-refractivity contribution >= 4 is 5.82 Å². The van der Waals surface area contributed by atoms with E-state index < -0.39 is 0 Å². The SMILES string of the molecule is CCOc1ncnc(N2CCCC(CNC(C)C)C2)c1C. The minimum absolute atomic E-state index is 0.547. The largest absolute Gasteiger partial charge is 0.478 e. The maximum Gasteiger partial charge on any atom is 0.221 e. The number of piperidine rings is 1. The summed E-state index contributed by atoms with van der Waals surface area (Å²) >= 11 is 0. The Labute approximate surface area is 128 Å². The van der Waals surface area contributed by atoms with Crippen LogP contribution in [0.5, 0.6) is 5.88 Å². The molecule has 118 valence electrons. The van der Waals surface area contributed by atoms with Crippen molar-refractivity contribution in [2.75, 3.05) is 31.1 Å². The number of anilines is 1. The summed E-state index contributed by atoms with van der Waals surface area (Å²) in [6, 6.07) is 0.547. The van der Waals surface area contributed by atoms with Crippen LogP contribution in [0.4, 0.5) is 5.82 Å². The molecule has 0 amide bonds. The lowest BCUT2D eigenvalue weighted by molar-refractivity contribution is 0.323. The Morgan fingerprint density at radius 2 is 2.24 bits per heavy atom. The summed E-state index contributed by atoms with van der Waals surface area (Å²) in [6.45, 7) is 12.3. The van der Waals surface area contributed by atoms with Crippen molar-refractivity contribution in [3.8, 4) is 5.88 Å². The molecule has 1 atom stereocenters. The fraction of sp³-hybridized carbons (Fsp3) is 0.750. The minimum atomic E-state index is 0.547. The first-order chi connectivity index (χ1) is 10.1. The second-order valence-corrected chi connectivity index (χ2v) is 6.08. The van der Waals surface area contributed by atoms with Gasteiger partial charge in [0.2, 0.25) is 5.88 Å². The Morgan fingerprint density at radius 1 is 1.43 bits per heavy atom. The molecule has 0 spiro atoms. The molecule has 1 unspecified atom stereocenters. The molecule has 0 radical (unpaired) electrons. The van der Waals surface area contributed by atoms with Crippen molar-refractivity contribution in [2.24, 2.45) is 5.92 Å². The topological polar surface area (TPSA) is 50.3 Å². The Balaban J connectivity index is 2.05. The lowest BCUT2D eigenvalue weighted by Gasteiger charge is -2.34. The van der Waals surface area contributed by atoms with Crippen LogP contribution in [0.1, 0.15) is 39.2 Å². The van der Waals surface area contributed by atoms with E-state index in [9.17, 15) is 0 Å². The number of aromatic nitrogens is 2. The van der Waals surface area contributed by atoms with Crippen LogP contribution in [-0.2, 0) is 0 Å². The minimum Gasteiger partial charge on any atom is -0.478 e. The summed E-state index contributed by atoms with van der Waals surface area (Å²) in [4.78, 5) is 11.1.